The molecule has 14 heavy (non-hydrogen) atoms. The van der Waals surface area contributed by atoms with Crippen LogP contribution in [0.15, 0.2) is 18.2 Å². The Hall–Kier alpha value is -0.890. The molecule has 0 spiro atoms. The number of benzene rings is 1. The molecule has 2 rings (SSSR count). The van der Waals surface area contributed by atoms with E-state index < -0.39 is 0 Å². The number of hydrogen-bond donors (Lipinski definition) is 1. The van der Waals surface area contributed by atoms with E-state index in [1.807, 2.05) is 6.07 Å². The van der Waals surface area contributed by atoms with E-state index in [1.54, 1.807) is 6.07 Å². The quantitative estimate of drug-likeness (QED) is 0.767. The molecule has 0 radical (unpaired) electrons. The first kappa shape index (κ1) is 9.66. The Morgan fingerprint density at radius 2 is 2.29 bits per heavy atom. The van der Waals surface area contributed by atoms with E-state index in [4.69, 9.17) is 5.11 Å². The molecule has 0 aliphatic heterocycles. The standard InChI is InChI=1S/C12H15FO/c13-11-6-2-5-9-3-1-4-10(7-8-14)12(9)11/h2,5-6,10,14H,1,3-4,7-8H2. The van der Waals surface area contributed by atoms with Crippen LogP contribution in [0.2, 0.25) is 0 Å². The molecule has 0 amide bonds. The van der Waals surface area contributed by atoms with Crippen LogP contribution in [-0.4, -0.2) is 11.7 Å². The van der Waals surface area contributed by atoms with Crippen molar-refractivity contribution in [3.63, 3.8) is 0 Å². The second-order valence-corrected chi connectivity index (χ2v) is 3.91. The van der Waals surface area contributed by atoms with Crippen molar-refractivity contribution in [1.82, 2.24) is 0 Å². The van der Waals surface area contributed by atoms with Crippen LogP contribution in [0.3, 0.4) is 0 Å². The third-order valence-corrected chi connectivity index (χ3v) is 3.03. The van der Waals surface area contributed by atoms with Gasteiger partial charge in [-0.1, -0.05) is 12.1 Å². The van der Waals surface area contributed by atoms with Crippen LogP contribution in [0.25, 0.3) is 0 Å². The normalized spacial score (nSPS) is 20.6. The van der Waals surface area contributed by atoms with Crippen LogP contribution in [0.4, 0.5) is 4.39 Å². The van der Waals surface area contributed by atoms with Gasteiger partial charge in [0.05, 0.1) is 0 Å². The highest BCUT2D eigenvalue weighted by Gasteiger charge is 2.22. The molecule has 0 fully saturated rings. The average Bonchev–Trinajstić information content (AvgIpc) is 2.19. The first-order chi connectivity index (χ1) is 6.83. The van der Waals surface area contributed by atoms with E-state index in [2.05, 4.69) is 0 Å². The Kier molecular flexibility index (Phi) is 2.82. The Bertz CT molecular complexity index is 322. The minimum absolute atomic E-state index is 0.0966. The molecule has 0 bridgehead atoms. The summed E-state index contributed by atoms with van der Waals surface area (Å²) in [6.45, 7) is 0.151. The Balaban J connectivity index is 2.36. The molecule has 1 aliphatic rings. The van der Waals surface area contributed by atoms with Crippen molar-refractivity contribution in [2.45, 2.75) is 31.6 Å². The van der Waals surface area contributed by atoms with Crippen molar-refractivity contribution in [2.24, 2.45) is 0 Å². The van der Waals surface area contributed by atoms with Crippen molar-refractivity contribution in [3.8, 4) is 0 Å². The largest absolute Gasteiger partial charge is 0.396 e. The highest BCUT2D eigenvalue weighted by atomic mass is 19.1. The molecule has 0 saturated heterocycles. The van der Waals surface area contributed by atoms with Gasteiger partial charge in [0.2, 0.25) is 0 Å². The Morgan fingerprint density at radius 1 is 1.43 bits per heavy atom. The summed E-state index contributed by atoms with van der Waals surface area (Å²) >= 11 is 0. The van der Waals surface area contributed by atoms with Gasteiger partial charge in [0, 0.05) is 6.61 Å². The first-order valence-corrected chi connectivity index (χ1v) is 5.21. The molecule has 1 aliphatic carbocycles. The van der Waals surface area contributed by atoms with Crippen LogP contribution in [0, 0.1) is 5.82 Å². The lowest BCUT2D eigenvalue weighted by Gasteiger charge is -2.25. The van der Waals surface area contributed by atoms with Gasteiger partial charge < -0.3 is 5.11 Å². The molecule has 1 aromatic carbocycles. The molecular formula is C12H15FO. The highest BCUT2D eigenvalue weighted by molar-refractivity contribution is 5.33. The zero-order chi connectivity index (χ0) is 9.97. The number of fused-ring (bicyclic) bond motifs is 1. The monoisotopic (exact) mass is 194 g/mol. The topological polar surface area (TPSA) is 20.2 Å². The van der Waals surface area contributed by atoms with Gasteiger partial charge in [-0.25, -0.2) is 4.39 Å². The van der Waals surface area contributed by atoms with Gasteiger partial charge in [0.25, 0.3) is 0 Å². The maximum absolute atomic E-state index is 13.6. The summed E-state index contributed by atoms with van der Waals surface area (Å²) < 4.78 is 13.6. The van der Waals surface area contributed by atoms with E-state index >= 15 is 0 Å². The van der Waals surface area contributed by atoms with E-state index in [1.165, 1.54) is 6.07 Å². The SMILES string of the molecule is OCCC1CCCc2cccc(F)c21. The fourth-order valence-electron chi connectivity index (χ4n) is 2.38. The minimum Gasteiger partial charge on any atom is -0.396 e. The van der Waals surface area contributed by atoms with Gasteiger partial charge in [0.15, 0.2) is 0 Å². The summed E-state index contributed by atoms with van der Waals surface area (Å²) in [5.74, 6) is 0.130. The van der Waals surface area contributed by atoms with Crippen LogP contribution in [-0.2, 0) is 6.42 Å². The Labute approximate surface area is 83.6 Å². The zero-order valence-electron chi connectivity index (χ0n) is 8.17. The summed E-state index contributed by atoms with van der Waals surface area (Å²) in [6.07, 6.45) is 3.79. The Morgan fingerprint density at radius 3 is 3.07 bits per heavy atom. The average molecular weight is 194 g/mol. The molecule has 1 N–H and O–H groups in total. The van der Waals surface area contributed by atoms with E-state index in [0.29, 0.717) is 6.42 Å². The third-order valence-electron chi connectivity index (χ3n) is 3.03. The zero-order valence-corrected chi connectivity index (χ0v) is 8.17. The third kappa shape index (κ3) is 1.67. The smallest absolute Gasteiger partial charge is 0.126 e. The molecule has 2 heteroatoms. The number of hydrogen-bond acceptors (Lipinski definition) is 1. The van der Waals surface area contributed by atoms with Gasteiger partial charge in [-0.3, -0.25) is 0 Å². The van der Waals surface area contributed by atoms with Gasteiger partial charge in [-0.05, 0) is 48.8 Å². The summed E-state index contributed by atoms with van der Waals surface area (Å²) in [6, 6.07) is 5.30. The number of aliphatic hydroxyl groups is 1. The number of aryl methyl sites for hydroxylation is 1. The summed E-state index contributed by atoms with van der Waals surface area (Å²) in [4.78, 5) is 0. The van der Waals surface area contributed by atoms with Crippen LogP contribution in [0.5, 0.6) is 0 Å². The van der Waals surface area contributed by atoms with E-state index in [-0.39, 0.29) is 18.3 Å². The van der Waals surface area contributed by atoms with Crippen LogP contribution in [0.1, 0.15) is 36.3 Å². The van der Waals surface area contributed by atoms with Gasteiger partial charge in [-0.15, -0.1) is 0 Å². The molecule has 1 unspecified atom stereocenters. The molecule has 1 atom stereocenters. The number of rotatable bonds is 2. The molecule has 0 saturated carbocycles. The van der Waals surface area contributed by atoms with Crippen molar-refractivity contribution < 1.29 is 9.50 Å². The predicted octanol–water partition coefficient (Wildman–Crippen LogP) is 2.63. The lowest BCUT2D eigenvalue weighted by Crippen LogP contribution is -2.13. The van der Waals surface area contributed by atoms with Crippen molar-refractivity contribution in [3.05, 3.63) is 35.1 Å². The molecule has 1 nitrogen and oxygen atoms in total. The van der Waals surface area contributed by atoms with Crippen LogP contribution < -0.4 is 0 Å². The van der Waals surface area contributed by atoms with Gasteiger partial charge >= 0.3 is 0 Å². The fraction of sp³-hybridized carbons (Fsp3) is 0.500. The number of halogens is 1. The molecule has 0 aromatic heterocycles. The van der Waals surface area contributed by atoms with Crippen LogP contribution >= 0.6 is 0 Å². The van der Waals surface area contributed by atoms with Gasteiger partial charge in [0.1, 0.15) is 5.82 Å². The molecular weight excluding hydrogens is 179 g/mol. The minimum atomic E-state index is -0.0966. The van der Waals surface area contributed by atoms with E-state index in [9.17, 15) is 4.39 Å². The predicted molar refractivity (Wildman–Crippen MR) is 53.8 cm³/mol. The van der Waals surface area contributed by atoms with Crippen molar-refractivity contribution >= 4 is 0 Å². The summed E-state index contributed by atoms with van der Waals surface area (Å²) in [7, 11) is 0. The second-order valence-electron chi connectivity index (χ2n) is 3.91. The summed E-state index contributed by atoms with van der Waals surface area (Å²) in [5, 5.41) is 8.91. The van der Waals surface area contributed by atoms with Crippen molar-refractivity contribution in [1.29, 1.82) is 0 Å². The highest BCUT2D eigenvalue weighted by Crippen LogP contribution is 2.35. The fourth-order valence-corrected chi connectivity index (χ4v) is 2.38. The molecule has 0 heterocycles. The summed E-state index contributed by atoms with van der Waals surface area (Å²) in [5.41, 5.74) is 1.99. The molecule has 76 valence electrons. The van der Waals surface area contributed by atoms with E-state index in [0.717, 1.165) is 30.4 Å². The first-order valence-electron chi connectivity index (χ1n) is 5.21. The molecule has 1 aromatic rings. The second kappa shape index (κ2) is 4.09. The maximum Gasteiger partial charge on any atom is 0.126 e. The lowest BCUT2D eigenvalue weighted by atomic mass is 9.81. The number of aliphatic hydroxyl groups excluding tert-OH is 1. The maximum atomic E-state index is 13.6. The lowest BCUT2D eigenvalue weighted by molar-refractivity contribution is 0.268. The van der Waals surface area contributed by atoms with Gasteiger partial charge in [-0.2, -0.15) is 0 Å². The van der Waals surface area contributed by atoms with Crippen molar-refractivity contribution in [2.75, 3.05) is 6.61 Å².